The number of halogens is 1. The van der Waals surface area contributed by atoms with Gasteiger partial charge in [-0.2, -0.15) is 0 Å². The second-order valence-corrected chi connectivity index (χ2v) is 9.75. The van der Waals surface area contributed by atoms with Crippen LogP contribution in [0.15, 0.2) is 114 Å². The van der Waals surface area contributed by atoms with Gasteiger partial charge in [-0.15, -0.1) is 0 Å². The lowest BCUT2D eigenvalue weighted by Gasteiger charge is -2.09. The topological polar surface area (TPSA) is 34.1 Å². The minimum atomic E-state index is -3.47. The van der Waals surface area contributed by atoms with Crippen molar-refractivity contribution in [3.05, 3.63) is 125 Å². The van der Waals surface area contributed by atoms with E-state index in [9.17, 15) is 8.42 Å². The first-order valence-corrected chi connectivity index (χ1v) is 11.7. The first kappa shape index (κ1) is 20.4. The molecule has 4 rings (SSSR count). The highest BCUT2D eigenvalue weighted by Gasteiger charge is 2.32. The molecule has 0 N–H and O–H groups in total. The molecule has 0 radical (unpaired) electrons. The molecule has 0 fully saturated rings. The number of rotatable bonds is 5. The molecule has 0 saturated heterocycles. The summed E-state index contributed by atoms with van der Waals surface area (Å²) in [6, 6.07) is 26.2. The van der Waals surface area contributed by atoms with Gasteiger partial charge in [0.25, 0.3) is 0 Å². The summed E-state index contributed by atoms with van der Waals surface area (Å²) in [6.07, 6.45) is 8.31. The summed E-state index contributed by atoms with van der Waals surface area (Å²) in [7, 11) is -3.47. The van der Waals surface area contributed by atoms with Gasteiger partial charge < -0.3 is 0 Å². The average Bonchev–Trinajstić information content (AvgIpc) is 3.21. The van der Waals surface area contributed by atoms with Gasteiger partial charge >= 0.3 is 0 Å². The second-order valence-electron chi connectivity index (χ2n) is 7.15. The van der Waals surface area contributed by atoms with Crippen molar-refractivity contribution in [3.8, 4) is 0 Å². The number of hydrogen-bond acceptors (Lipinski definition) is 2. The highest BCUT2D eigenvalue weighted by atomic mass is 35.5. The van der Waals surface area contributed by atoms with Crippen LogP contribution in [0.3, 0.4) is 0 Å². The predicted octanol–water partition coefficient (Wildman–Crippen LogP) is 6.61. The summed E-state index contributed by atoms with van der Waals surface area (Å²) in [6.45, 7) is 0. The second kappa shape index (κ2) is 8.86. The summed E-state index contributed by atoms with van der Waals surface area (Å²) >= 11 is 6.05. The molecule has 1 unspecified atom stereocenters. The minimum Gasteiger partial charge on any atom is -0.223 e. The quantitative estimate of drug-likeness (QED) is 0.454. The third-order valence-corrected chi connectivity index (χ3v) is 7.41. The highest BCUT2D eigenvalue weighted by molar-refractivity contribution is 7.92. The van der Waals surface area contributed by atoms with E-state index in [1.165, 1.54) is 0 Å². The molecule has 2 nitrogen and oxygen atoms in total. The van der Waals surface area contributed by atoms with Crippen LogP contribution >= 0.6 is 11.6 Å². The number of benzene rings is 3. The Bertz CT molecular complexity index is 1210. The van der Waals surface area contributed by atoms with Crippen LogP contribution in [0.1, 0.15) is 17.5 Å². The van der Waals surface area contributed by atoms with E-state index in [4.69, 9.17) is 11.6 Å². The first-order valence-electron chi connectivity index (χ1n) is 9.73. The maximum atomic E-state index is 13.2. The van der Waals surface area contributed by atoms with Crippen molar-refractivity contribution in [2.24, 2.45) is 0 Å². The van der Waals surface area contributed by atoms with Gasteiger partial charge in [-0.1, -0.05) is 96.6 Å². The van der Waals surface area contributed by atoms with Crippen LogP contribution in [0.25, 0.3) is 11.6 Å². The van der Waals surface area contributed by atoms with Gasteiger partial charge in [0.15, 0.2) is 9.84 Å². The smallest absolute Gasteiger partial charge is 0.185 e. The van der Waals surface area contributed by atoms with Gasteiger partial charge in [-0.05, 0) is 53.0 Å². The van der Waals surface area contributed by atoms with E-state index in [1.807, 2.05) is 85.0 Å². The Kier molecular flexibility index (Phi) is 6.03. The summed E-state index contributed by atoms with van der Waals surface area (Å²) in [5, 5.41) is 0.0576. The maximum Gasteiger partial charge on any atom is 0.185 e. The van der Waals surface area contributed by atoms with Crippen LogP contribution in [-0.4, -0.2) is 13.7 Å². The number of sulfone groups is 1. The van der Waals surface area contributed by atoms with Gasteiger partial charge in [0.05, 0.1) is 10.1 Å². The Labute approximate surface area is 182 Å². The van der Waals surface area contributed by atoms with Crippen molar-refractivity contribution in [2.75, 3.05) is 0 Å². The molecule has 0 bridgehead atoms. The lowest BCUT2D eigenvalue weighted by Crippen LogP contribution is -2.17. The first-order chi connectivity index (χ1) is 14.5. The van der Waals surface area contributed by atoms with Crippen molar-refractivity contribution in [1.82, 2.24) is 0 Å². The minimum absolute atomic E-state index is 0.350. The molecule has 3 aromatic rings. The maximum absolute atomic E-state index is 13.2. The zero-order chi connectivity index (χ0) is 21.0. The zero-order valence-electron chi connectivity index (χ0n) is 16.3. The van der Waals surface area contributed by atoms with Crippen LogP contribution in [0.4, 0.5) is 0 Å². The monoisotopic (exact) mass is 432 g/mol. The largest absolute Gasteiger partial charge is 0.223 e. The molecule has 0 heterocycles. The highest BCUT2D eigenvalue weighted by Crippen LogP contribution is 2.38. The molecule has 150 valence electrons. The average molecular weight is 433 g/mol. The van der Waals surface area contributed by atoms with Gasteiger partial charge in [0, 0.05) is 5.02 Å². The summed E-state index contributed by atoms with van der Waals surface area (Å²) in [5.41, 5.74) is 3.99. The van der Waals surface area contributed by atoms with E-state index in [-0.39, 0.29) is 0 Å². The van der Waals surface area contributed by atoms with Crippen LogP contribution < -0.4 is 0 Å². The molecule has 1 aliphatic rings. The summed E-state index contributed by atoms with van der Waals surface area (Å²) in [5.74, 6) is 0. The van der Waals surface area contributed by atoms with Gasteiger partial charge in [-0.3, -0.25) is 0 Å². The van der Waals surface area contributed by atoms with E-state index in [1.54, 1.807) is 24.3 Å². The molecular formula is C26H21ClO2S. The van der Waals surface area contributed by atoms with Gasteiger partial charge in [0.2, 0.25) is 0 Å². The van der Waals surface area contributed by atoms with E-state index in [0.29, 0.717) is 16.3 Å². The van der Waals surface area contributed by atoms with Crippen molar-refractivity contribution in [1.29, 1.82) is 0 Å². The van der Waals surface area contributed by atoms with Crippen LogP contribution in [-0.2, 0) is 9.84 Å². The molecule has 3 aromatic carbocycles. The lowest BCUT2D eigenvalue weighted by molar-refractivity contribution is 0.589. The third-order valence-electron chi connectivity index (χ3n) is 5.13. The fourth-order valence-corrected chi connectivity index (χ4v) is 5.30. The molecule has 0 spiro atoms. The fraction of sp³-hybridized carbons (Fsp3) is 0.0769. The molecule has 4 heteroatoms. The molecule has 0 amide bonds. The standard InChI is InChI=1S/C26H21ClO2S/c27-23-16-14-21(15-17-23)26-19-25(30(28,29)24-12-5-2-6-13-24)18-22(26)11-7-10-20-8-3-1-4-9-20/h1-17,19,25H,18H2/b10-7+,22-11+. The molecule has 0 saturated carbocycles. The molecule has 0 aliphatic heterocycles. The van der Waals surface area contributed by atoms with Gasteiger partial charge in [-0.25, -0.2) is 8.42 Å². The Hall–Kier alpha value is -2.88. The SMILES string of the molecule is O=S(=O)(c1ccccc1)C1C=C(c2ccc(Cl)cc2)/C(=C/C=C/c2ccccc2)C1. The fourth-order valence-electron chi connectivity index (χ4n) is 3.57. The molecular weight excluding hydrogens is 412 g/mol. The Morgan fingerprint density at radius 1 is 0.833 bits per heavy atom. The summed E-state index contributed by atoms with van der Waals surface area (Å²) < 4.78 is 26.4. The molecule has 1 aliphatic carbocycles. The van der Waals surface area contributed by atoms with Crippen LogP contribution in [0.2, 0.25) is 5.02 Å². The Balaban J connectivity index is 1.70. The Morgan fingerprint density at radius 3 is 2.13 bits per heavy atom. The molecule has 1 atom stereocenters. The predicted molar refractivity (Wildman–Crippen MR) is 125 cm³/mol. The van der Waals surface area contributed by atoms with Crippen molar-refractivity contribution in [2.45, 2.75) is 16.6 Å². The van der Waals surface area contributed by atoms with E-state index >= 15 is 0 Å². The number of allylic oxidation sites excluding steroid dienone is 4. The van der Waals surface area contributed by atoms with Gasteiger partial charge in [0.1, 0.15) is 0 Å². The van der Waals surface area contributed by atoms with Crippen molar-refractivity contribution in [3.63, 3.8) is 0 Å². The van der Waals surface area contributed by atoms with Crippen molar-refractivity contribution >= 4 is 33.1 Å². The van der Waals surface area contributed by atoms with Crippen LogP contribution in [0.5, 0.6) is 0 Å². The van der Waals surface area contributed by atoms with E-state index < -0.39 is 15.1 Å². The molecule has 30 heavy (non-hydrogen) atoms. The Morgan fingerprint density at radius 2 is 1.47 bits per heavy atom. The normalized spacial score (nSPS) is 18.1. The van der Waals surface area contributed by atoms with Crippen LogP contribution in [0, 0.1) is 0 Å². The lowest BCUT2D eigenvalue weighted by atomic mass is 10.0. The van der Waals surface area contributed by atoms with E-state index in [2.05, 4.69) is 0 Å². The van der Waals surface area contributed by atoms with Crippen molar-refractivity contribution < 1.29 is 8.42 Å². The zero-order valence-corrected chi connectivity index (χ0v) is 17.9. The third kappa shape index (κ3) is 4.48. The van der Waals surface area contributed by atoms with E-state index in [0.717, 1.165) is 22.3 Å². The number of hydrogen-bond donors (Lipinski definition) is 0. The molecule has 0 aromatic heterocycles. The summed E-state index contributed by atoms with van der Waals surface area (Å²) in [4.78, 5) is 0.350.